The van der Waals surface area contributed by atoms with Crippen LogP contribution in [0.1, 0.15) is 11.1 Å². The fourth-order valence-corrected chi connectivity index (χ4v) is 2.58. The van der Waals surface area contributed by atoms with Crippen LogP contribution in [0.25, 0.3) is 6.08 Å². The van der Waals surface area contributed by atoms with Crippen LogP contribution in [-0.4, -0.2) is 19.0 Å². The van der Waals surface area contributed by atoms with E-state index in [-0.39, 0.29) is 11.6 Å². The summed E-state index contributed by atoms with van der Waals surface area (Å²) in [5, 5.41) is 0.629. The van der Waals surface area contributed by atoms with Crippen LogP contribution in [0, 0.1) is 0 Å². The van der Waals surface area contributed by atoms with Crippen LogP contribution in [0.5, 0.6) is 5.75 Å². The first-order valence-corrected chi connectivity index (χ1v) is 7.86. The molecule has 0 aromatic heterocycles. The van der Waals surface area contributed by atoms with E-state index < -0.39 is 5.97 Å². The number of rotatable bonds is 3. The highest BCUT2D eigenvalue weighted by Gasteiger charge is 2.26. The Balaban J connectivity index is 1.98. The first-order valence-electron chi connectivity index (χ1n) is 6.69. The van der Waals surface area contributed by atoms with Crippen LogP contribution >= 0.6 is 27.5 Å². The van der Waals surface area contributed by atoms with Gasteiger partial charge in [0, 0.05) is 9.50 Å². The number of hydrogen-bond donors (Lipinski definition) is 0. The van der Waals surface area contributed by atoms with Crippen LogP contribution < -0.4 is 4.74 Å². The number of cyclic esters (lactones) is 1. The van der Waals surface area contributed by atoms with Gasteiger partial charge in [-0.1, -0.05) is 39.7 Å². The topological polar surface area (TPSA) is 47.9 Å². The average Bonchev–Trinajstić information content (AvgIpc) is 2.90. The normalized spacial score (nSPS) is 15.5. The molecule has 0 bridgehead atoms. The molecule has 2 aromatic rings. The number of carbonyl (C=O) groups is 1. The number of benzene rings is 2. The average molecular weight is 393 g/mol. The van der Waals surface area contributed by atoms with Gasteiger partial charge in [0.1, 0.15) is 5.75 Å². The summed E-state index contributed by atoms with van der Waals surface area (Å²) < 4.78 is 11.4. The van der Waals surface area contributed by atoms with Gasteiger partial charge in [-0.25, -0.2) is 9.79 Å². The van der Waals surface area contributed by atoms with Gasteiger partial charge >= 0.3 is 5.97 Å². The Morgan fingerprint density at radius 1 is 1.22 bits per heavy atom. The third-order valence-corrected chi connectivity index (χ3v) is 3.93. The van der Waals surface area contributed by atoms with E-state index >= 15 is 0 Å². The molecule has 3 rings (SSSR count). The molecule has 23 heavy (non-hydrogen) atoms. The number of nitrogens with zero attached hydrogens (tertiary/aromatic N) is 1. The van der Waals surface area contributed by atoms with Gasteiger partial charge in [0.25, 0.3) is 0 Å². The molecule has 0 atom stereocenters. The Morgan fingerprint density at radius 3 is 2.65 bits per heavy atom. The number of carbonyl (C=O) groups excluding carboxylic acids is 1. The van der Waals surface area contributed by atoms with E-state index in [1.54, 1.807) is 49.6 Å². The molecule has 4 nitrogen and oxygen atoms in total. The lowest BCUT2D eigenvalue weighted by atomic mass is 10.2. The van der Waals surface area contributed by atoms with Crippen molar-refractivity contribution in [1.82, 2.24) is 0 Å². The standard InChI is InChI=1S/C17H11BrClNO3/c1-22-15-7-4-11(18)9-13(15)16-20-14(17(21)23-16)8-10-2-5-12(19)6-3-10/h2-9H,1H3/b14-8+. The summed E-state index contributed by atoms with van der Waals surface area (Å²) in [5.41, 5.74) is 1.65. The van der Waals surface area contributed by atoms with E-state index in [9.17, 15) is 4.79 Å². The van der Waals surface area contributed by atoms with E-state index in [0.717, 1.165) is 10.0 Å². The van der Waals surface area contributed by atoms with Crippen LogP contribution in [0.15, 0.2) is 57.6 Å². The molecule has 0 aliphatic carbocycles. The Hall–Kier alpha value is -2.11. The molecule has 0 unspecified atom stereocenters. The highest BCUT2D eigenvalue weighted by atomic mass is 79.9. The minimum absolute atomic E-state index is 0.216. The maximum Gasteiger partial charge on any atom is 0.363 e. The molecule has 0 amide bonds. The third-order valence-electron chi connectivity index (χ3n) is 3.19. The zero-order valence-corrected chi connectivity index (χ0v) is 14.4. The molecule has 1 aliphatic heterocycles. The van der Waals surface area contributed by atoms with Crippen molar-refractivity contribution >= 4 is 45.5 Å². The highest BCUT2D eigenvalue weighted by molar-refractivity contribution is 9.10. The van der Waals surface area contributed by atoms with Gasteiger partial charge in [-0.3, -0.25) is 0 Å². The predicted molar refractivity (Wildman–Crippen MR) is 92.8 cm³/mol. The van der Waals surface area contributed by atoms with Crippen molar-refractivity contribution < 1.29 is 14.3 Å². The summed E-state index contributed by atoms with van der Waals surface area (Å²) >= 11 is 9.24. The van der Waals surface area contributed by atoms with Gasteiger partial charge in [-0.05, 0) is 42.0 Å². The summed E-state index contributed by atoms with van der Waals surface area (Å²) in [6.07, 6.45) is 1.65. The number of ether oxygens (including phenoxy) is 2. The molecule has 2 aromatic carbocycles. The summed E-state index contributed by atoms with van der Waals surface area (Å²) in [6.45, 7) is 0. The van der Waals surface area contributed by atoms with Crippen molar-refractivity contribution in [3.63, 3.8) is 0 Å². The molecule has 6 heteroatoms. The Morgan fingerprint density at radius 2 is 1.96 bits per heavy atom. The monoisotopic (exact) mass is 391 g/mol. The van der Waals surface area contributed by atoms with Gasteiger partial charge in [0.15, 0.2) is 5.70 Å². The SMILES string of the molecule is COc1ccc(Br)cc1C1=N/C(=C/c2ccc(Cl)cc2)C(=O)O1. The lowest BCUT2D eigenvalue weighted by Gasteiger charge is -2.07. The lowest BCUT2D eigenvalue weighted by Crippen LogP contribution is -2.07. The van der Waals surface area contributed by atoms with Crippen LogP contribution in [0.4, 0.5) is 0 Å². The molecule has 1 heterocycles. The summed E-state index contributed by atoms with van der Waals surface area (Å²) in [5.74, 6) is 0.290. The quantitative estimate of drug-likeness (QED) is 0.572. The Bertz CT molecular complexity index is 828. The summed E-state index contributed by atoms with van der Waals surface area (Å²) in [4.78, 5) is 16.3. The lowest BCUT2D eigenvalue weighted by molar-refractivity contribution is -0.129. The maximum atomic E-state index is 12.0. The predicted octanol–water partition coefficient (Wildman–Crippen LogP) is 4.46. The van der Waals surface area contributed by atoms with E-state index in [1.165, 1.54) is 0 Å². The largest absolute Gasteiger partial charge is 0.496 e. The van der Waals surface area contributed by atoms with Crippen molar-refractivity contribution in [2.45, 2.75) is 0 Å². The smallest absolute Gasteiger partial charge is 0.363 e. The number of esters is 1. The van der Waals surface area contributed by atoms with Crippen molar-refractivity contribution in [3.8, 4) is 5.75 Å². The van der Waals surface area contributed by atoms with Gasteiger partial charge in [-0.15, -0.1) is 0 Å². The number of aliphatic imine (C=N–C) groups is 1. The Labute approximate surface area is 146 Å². The van der Waals surface area contributed by atoms with Crippen molar-refractivity contribution in [2.75, 3.05) is 7.11 Å². The van der Waals surface area contributed by atoms with Crippen molar-refractivity contribution in [2.24, 2.45) is 4.99 Å². The maximum absolute atomic E-state index is 12.0. The zero-order valence-electron chi connectivity index (χ0n) is 12.0. The van der Waals surface area contributed by atoms with Crippen LogP contribution in [0.3, 0.4) is 0 Å². The molecule has 0 radical (unpaired) electrons. The van der Waals surface area contributed by atoms with Gasteiger partial charge in [0.05, 0.1) is 12.7 Å². The fourth-order valence-electron chi connectivity index (χ4n) is 2.09. The number of methoxy groups -OCH3 is 1. The highest BCUT2D eigenvalue weighted by Crippen LogP contribution is 2.28. The number of hydrogen-bond acceptors (Lipinski definition) is 4. The second kappa shape index (κ2) is 6.56. The van der Waals surface area contributed by atoms with Gasteiger partial charge in [0.2, 0.25) is 5.90 Å². The van der Waals surface area contributed by atoms with Crippen LogP contribution in [-0.2, 0) is 9.53 Å². The molecule has 0 saturated carbocycles. The minimum atomic E-state index is -0.503. The van der Waals surface area contributed by atoms with Crippen LogP contribution in [0.2, 0.25) is 5.02 Å². The van der Waals surface area contributed by atoms with Gasteiger partial charge in [-0.2, -0.15) is 0 Å². The molecule has 0 spiro atoms. The zero-order chi connectivity index (χ0) is 16.4. The van der Waals surface area contributed by atoms with E-state index in [2.05, 4.69) is 20.9 Å². The summed E-state index contributed by atoms with van der Waals surface area (Å²) in [6, 6.07) is 12.5. The second-order valence-corrected chi connectivity index (χ2v) is 6.08. The third kappa shape index (κ3) is 3.46. The Kier molecular flexibility index (Phi) is 4.50. The first-order chi connectivity index (χ1) is 11.1. The molecule has 116 valence electrons. The minimum Gasteiger partial charge on any atom is -0.496 e. The second-order valence-electron chi connectivity index (χ2n) is 4.73. The molecular formula is C17H11BrClNO3. The molecule has 0 saturated heterocycles. The van der Waals surface area contributed by atoms with E-state index in [1.807, 2.05) is 6.07 Å². The van der Waals surface area contributed by atoms with E-state index in [0.29, 0.717) is 16.3 Å². The molecule has 0 N–H and O–H groups in total. The van der Waals surface area contributed by atoms with Crippen molar-refractivity contribution in [3.05, 3.63) is 68.8 Å². The van der Waals surface area contributed by atoms with Crippen molar-refractivity contribution in [1.29, 1.82) is 0 Å². The molecule has 1 aliphatic rings. The first kappa shape index (κ1) is 15.8. The van der Waals surface area contributed by atoms with E-state index in [4.69, 9.17) is 21.1 Å². The summed E-state index contributed by atoms with van der Waals surface area (Å²) in [7, 11) is 1.55. The fraction of sp³-hybridized carbons (Fsp3) is 0.0588. The number of halogens is 2. The van der Waals surface area contributed by atoms with Gasteiger partial charge < -0.3 is 9.47 Å². The molecule has 0 fully saturated rings. The molecular weight excluding hydrogens is 382 g/mol.